The van der Waals surface area contributed by atoms with Crippen LogP contribution >= 0.6 is 0 Å². The molecule has 5 rings (SSSR count). The van der Waals surface area contributed by atoms with Gasteiger partial charge in [-0.1, -0.05) is 42.5 Å². The monoisotopic (exact) mass is 474 g/mol. The number of hydrogen-bond acceptors (Lipinski definition) is 4. The third-order valence-corrected chi connectivity index (χ3v) is 8.26. The van der Waals surface area contributed by atoms with E-state index in [0.29, 0.717) is 18.2 Å². The highest BCUT2D eigenvalue weighted by molar-refractivity contribution is 7.92. The SMILES string of the molecule is CCOc1ccc([C@H]2Nc3ccc(S(=O)(=O)Nc4c(C)cccc4C)cc3[C@H]3C=CC[C@H]32)cc1. The lowest BCUT2D eigenvalue weighted by atomic mass is 9.77. The zero-order valence-corrected chi connectivity index (χ0v) is 20.5. The first-order chi connectivity index (χ1) is 16.4. The molecule has 0 aromatic heterocycles. The Bertz CT molecular complexity index is 1330. The molecule has 34 heavy (non-hydrogen) atoms. The summed E-state index contributed by atoms with van der Waals surface area (Å²) >= 11 is 0. The van der Waals surface area contributed by atoms with Crippen LogP contribution in [0.4, 0.5) is 11.4 Å². The summed E-state index contributed by atoms with van der Waals surface area (Å²) in [5.41, 5.74) is 5.68. The number of anilines is 2. The fourth-order valence-corrected chi connectivity index (χ4v) is 6.41. The number of rotatable bonds is 6. The summed E-state index contributed by atoms with van der Waals surface area (Å²) in [5, 5.41) is 3.69. The number of nitrogens with one attached hydrogen (secondary N) is 2. The predicted octanol–water partition coefficient (Wildman–Crippen LogP) is 6.33. The van der Waals surface area contributed by atoms with Crippen LogP contribution in [-0.4, -0.2) is 15.0 Å². The minimum absolute atomic E-state index is 0.151. The number of para-hydroxylation sites is 1. The van der Waals surface area contributed by atoms with E-state index in [0.717, 1.165) is 34.5 Å². The molecule has 5 nitrogen and oxygen atoms in total. The highest BCUT2D eigenvalue weighted by Gasteiger charge is 2.38. The molecule has 0 bridgehead atoms. The summed E-state index contributed by atoms with van der Waals surface area (Å²) in [5.74, 6) is 1.37. The molecule has 0 saturated heterocycles. The zero-order valence-electron chi connectivity index (χ0n) is 19.7. The van der Waals surface area contributed by atoms with Crippen molar-refractivity contribution in [2.75, 3.05) is 16.6 Å². The molecule has 0 unspecified atom stereocenters. The van der Waals surface area contributed by atoms with Crippen molar-refractivity contribution in [1.82, 2.24) is 0 Å². The number of ether oxygens (including phenoxy) is 1. The van der Waals surface area contributed by atoms with Crippen LogP contribution in [0.3, 0.4) is 0 Å². The van der Waals surface area contributed by atoms with Crippen LogP contribution in [0.1, 0.15) is 47.6 Å². The fourth-order valence-electron chi connectivity index (χ4n) is 5.18. The molecule has 3 aromatic carbocycles. The topological polar surface area (TPSA) is 67.4 Å². The number of allylic oxidation sites excluding steroid dienone is 2. The number of fused-ring (bicyclic) bond motifs is 3. The predicted molar refractivity (Wildman–Crippen MR) is 137 cm³/mol. The molecule has 0 amide bonds. The summed E-state index contributed by atoms with van der Waals surface area (Å²) in [6.45, 7) is 6.45. The van der Waals surface area contributed by atoms with Crippen LogP contribution < -0.4 is 14.8 Å². The highest BCUT2D eigenvalue weighted by Crippen LogP contribution is 2.50. The van der Waals surface area contributed by atoms with Crippen LogP contribution in [0.15, 0.2) is 77.7 Å². The lowest BCUT2D eigenvalue weighted by molar-refractivity contribution is 0.340. The molecule has 176 valence electrons. The number of aryl methyl sites for hydroxylation is 2. The molecular weight excluding hydrogens is 444 g/mol. The van der Waals surface area contributed by atoms with Gasteiger partial charge in [0, 0.05) is 11.6 Å². The summed E-state index contributed by atoms with van der Waals surface area (Å²) in [4.78, 5) is 0.286. The smallest absolute Gasteiger partial charge is 0.261 e. The Hall–Kier alpha value is -3.25. The van der Waals surface area contributed by atoms with Crippen LogP contribution in [0, 0.1) is 19.8 Å². The highest BCUT2D eigenvalue weighted by atomic mass is 32.2. The molecule has 2 N–H and O–H groups in total. The first-order valence-corrected chi connectivity index (χ1v) is 13.2. The van der Waals surface area contributed by atoms with E-state index >= 15 is 0 Å². The molecule has 6 heteroatoms. The Labute approximate surface area is 201 Å². The minimum atomic E-state index is -3.71. The zero-order chi connectivity index (χ0) is 23.9. The number of hydrogen-bond donors (Lipinski definition) is 2. The Morgan fingerprint density at radius 2 is 1.76 bits per heavy atom. The van der Waals surface area contributed by atoms with Gasteiger partial charge in [-0.25, -0.2) is 8.42 Å². The molecule has 1 aliphatic heterocycles. The van der Waals surface area contributed by atoms with Gasteiger partial charge in [0.05, 0.1) is 23.2 Å². The maximum absolute atomic E-state index is 13.3. The third-order valence-electron chi connectivity index (χ3n) is 6.91. The minimum Gasteiger partial charge on any atom is -0.494 e. The average Bonchev–Trinajstić information content (AvgIpc) is 3.32. The molecule has 1 heterocycles. The first-order valence-electron chi connectivity index (χ1n) is 11.8. The Morgan fingerprint density at radius 3 is 2.47 bits per heavy atom. The van der Waals surface area contributed by atoms with Gasteiger partial charge in [-0.15, -0.1) is 0 Å². The lowest BCUT2D eigenvalue weighted by Crippen LogP contribution is -2.29. The quantitative estimate of drug-likeness (QED) is 0.410. The van der Waals surface area contributed by atoms with Crippen LogP contribution in [0.25, 0.3) is 0 Å². The van der Waals surface area contributed by atoms with E-state index in [1.54, 1.807) is 6.07 Å². The number of sulfonamides is 1. The van der Waals surface area contributed by atoms with Gasteiger partial charge in [0.2, 0.25) is 0 Å². The summed E-state index contributed by atoms with van der Waals surface area (Å²) in [6.07, 6.45) is 5.39. The standard InChI is InChI=1S/C28H30N2O3S/c1-4-33-21-13-11-20(12-14-21)28-24-10-6-9-23(24)25-17-22(15-16-26(25)29-28)34(31,32)30-27-18(2)7-5-8-19(27)3/h5-9,11-17,23-24,28-30H,4,10H2,1-3H3/t23-,24+,28+/m0/s1. The molecule has 3 aromatic rings. The van der Waals surface area contributed by atoms with E-state index in [9.17, 15) is 8.42 Å². The van der Waals surface area contributed by atoms with Crippen molar-refractivity contribution in [3.8, 4) is 5.75 Å². The number of benzene rings is 3. The van der Waals surface area contributed by atoms with Crippen LogP contribution in [0.5, 0.6) is 5.75 Å². The lowest BCUT2D eigenvalue weighted by Gasteiger charge is -2.37. The van der Waals surface area contributed by atoms with E-state index in [-0.39, 0.29) is 16.9 Å². The van der Waals surface area contributed by atoms with Gasteiger partial charge in [-0.2, -0.15) is 0 Å². The van der Waals surface area contributed by atoms with Crippen molar-refractivity contribution >= 4 is 21.4 Å². The van der Waals surface area contributed by atoms with Crippen molar-refractivity contribution < 1.29 is 13.2 Å². The van der Waals surface area contributed by atoms with E-state index in [2.05, 4.69) is 34.3 Å². The van der Waals surface area contributed by atoms with Gasteiger partial charge in [-0.3, -0.25) is 4.72 Å². The Kier molecular flexibility index (Phi) is 5.86. The van der Waals surface area contributed by atoms with Crippen molar-refractivity contribution in [2.45, 2.75) is 44.0 Å². The summed E-state index contributed by atoms with van der Waals surface area (Å²) < 4.78 is 35.0. The van der Waals surface area contributed by atoms with Gasteiger partial charge in [0.1, 0.15) is 5.75 Å². The van der Waals surface area contributed by atoms with Gasteiger partial charge < -0.3 is 10.1 Å². The molecule has 2 aliphatic rings. The van der Waals surface area contributed by atoms with Crippen molar-refractivity contribution in [2.24, 2.45) is 5.92 Å². The van der Waals surface area contributed by atoms with Crippen molar-refractivity contribution in [3.05, 3.63) is 95.1 Å². The van der Waals surface area contributed by atoms with Crippen molar-refractivity contribution in [1.29, 1.82) is 0 Å². The second-order valence-electron chi connectivity index (χ2n) is 9.10. The second-order valence-corrected chi connectivity index (χ2v) is 10.8. The molecule has 1 aliphatic carbocycles. The summed E-state index contributed by atoms with van der Waals surface area (Å²) in [7, 11) is -3.71. The third kappa shape index (κ3) is 4.07. The molecule has 3 atom stereocenters. The molecule has 0 saturated carbocycles. The molecule has 0 fully saturated rings. The Morgan fingerprint density at radius 1 is 1.03 bits per heavy atom. The van der Waals surface area contributed by atoms with Crippen molar-refractivity contribution in [3.63, 3.8) is 0 Å². The van der Waals surface area contributed by atoms with Gasteiger partial charge in [0.25, 0.3) is 10.0 Å². The molecule has 0 spiro atoms. The van der Waals surface area contributed by atoms with E-state index < -0.39 is 10.0 Å². The Balaban J connectivity index is 1.46. The second kappa shape index (κ2) is 8.84. The fraction of sp³-hybridized carbons (Fsp3) is 0.286. The maximum atomic E-state index is 13.3. The van der Waals surface area contributed by atoms with Gasteiger partial charge in [0.15, 0.2) is 0 Å². The largest absolute Gasteiger partial charge is 0.494 e. The molecular formula is C28H30N2O3S. The van der Waals surface area contributed by atoms with E-state index in [1.807, 2.05) is 63.2 Å². The normalized spacial score (nSPS) is 20.9. The average molecular weight is 475 g/mol. The van der Waals surface area contributed by atoms with Crippen LogP contribution in [0.2, 0.25) is 0 Å². The maximum Gasteiger partial charge on any atom is 0.261 e. The summed E-state index contributed by atoms with van der Waals surface area (Å²) in [6, 6.07) is 19.6. The molecule has 0 radical (unpaired) electrons. The van der Waals surface area contributed by atoms with Crippen LogP contribution in [-0.2, 0) is 10.0 Å². The van der Waals surface area contributed by atoms with E-state index in [4.69, 9.17) is 4.74 Å². The van der Waals surface area contributed by atoms with E-state index in [1.165, 1.54) is 5.56 Å². The van der Waals surface area contributed by atoms with Gasteiger partial charge >= 0.3 is 0 Å². The van der Waals surface area contributed by atoms with Gasteiger partial charge in [-0.05, 0) is 85.7 Å². The first kappa shape index (κ1) is 22.5.